The van der Waals surface area contributed by atoms with Gasteiger partial charge >= 0.3 is 0 Å². The average molecular weight is 359 g/mol. The third kappa shape index (κ3) is 4.89. The number of methoxy groups -OCH3 is 4. The standard InChI is InChI=1S/C20H25NO5/c1-23-17-7-5-14(11-19(17)25-3)9-10-21-13-16(22)15-6-8-18(24-2)20(12-15)26-4/h5-8,11-12,21H,9-10,13H2,1-4H3. The predicted octanol–water partition coefficient (Wildman–Crippen LogP) is 2.74. The molecule has 0 amide bonds. The molecule has 2 aromatic rings. The summed E-state index contributed by atoms with van der Waals surface area (Å²) in [6.45, 7) is 0.928. The average Bonchev–Trinajstić information content (AvgIpc) is 2.70. The van der Waals surface area contributed by atoms with E-state index in [1.807, 2.05) is 18.2 Å². The first kappa shape index (κ1) is 19.6. The van der Waals surface area contributed by atoms with Crippen LogP contribution in [0.5, 0.6) is 23.0 Å². The fraction of sp³-hybridized carbons (Fsp3) is 0.350. The summed E-state index contributed by atoms with van der Waals surface area (Å²) in [6.07, 6.45) is 0.777. The summed E-state index contributed by atoms with van der Waals surface area (Å²) in [4.78, 5) is 12.3. The van der Waals surface area contributed by atoms with Crippen molar-refractivity contribution in [2.24, 2.45) is 0 Å². The van der Waals surface area contributed by atoms with Gasteiger partial charge < -0.3 is 24.3 Å². The van der Waals surface area contributed by atoms with Crippen LogP contribution in [-0.4, -0.2) is 47.3 Å². The Morgan fingerprint density at radius 2 is 1.38 bits per heavy atom. The van der Waals surface area contributed by atoms with Gasteiger partial charge in [-0.25, -0.2) is 0 Å². The molecular formula is C20H25NO5. The molecule has 0 saturated carbocycles. The lowest BCUT2D eigenvalue weighted by Crippen LogP contribution is -2.25. The van der Waals surface area contributed by atoms with E-state index < -0.39 is 0 Å². The van der Waals surface area contributed by atoms with Crippen LogP contribution in [0.25, 0.3) is 0 Å². The summed E-state index contributed by atoms with van der Waals surface area (Å²) in [5, 5.41) is 3.17. The Labute approximate surface area is 154 Å². The van der Waals surface area contributed by atoms with Crippen LogP contribution < -0.4 is 24.3 Å². The van der Waals surface area contributed by atoms with Crippen molar-refractivity contribution in [2.75, 3.05) is 41.5 Å². The van der Waals surface area contributed by atoms with Crippen molar-refractivity contribution in [3.63, 3.8) is 0 Å². The van der Waals surface area contributed by atoms with E-state index in [1.165, 1.54) is 0 Å². The normalized spacial score (nSPS) is 10.3. The van der Waals surface area contributed by atoms with E-state index in [4.69, 9.17) is 18.9 Å². The number of nitrogens with one attached hydrogen (secondary N) is 1. The lowest BCUT2D eigenvalue weighted by Gasteiger charge is -2.11. The van der Waals surface area contributed by atoms with Gasteiger partial charge in [-0.05, 0) is 48.9 Å². The Morgan fingerprint density at radius 1 is 0.808 bits per heavy atom. The van der Waals surface area contributed by atoms with Crippen molar-refractivity contribution in [1.29, 1.82) is 0 Å². The fourth-order valence-corrected chi connectivity index (χ4v) is 2.58. The minimum atomic E-state index is -0.00161. The van der Waals surface area contributed by atoms with Gasteiger partial charge in [-0.3, -0.25) is 4.79 Å². The third-order valence-electron chi connectivity index (χ3n) is 4.03. The highest BCUT2D eigenvalue weighted by atomic mass is 16.5. The molecule has 0 saturated heterocycles. The molecule has 0 aliphatic rings. The minimum absolute atomic E-state index is 0.00161. The zero-order chi connectivity index (χ0) is 18.9. The van der Waals surface area contributed by atoms with E-state index in [1.54, 1.807) is 46.6 Å². The van der Waals surface area contributed by atoms with Crippen molar-refractivity contribution in [2.45, 2.75) is 6.42 Å². The number of carbonyl (C=O) groups is 1. The van der Waals surface area contributed by atoms with Crippen molar-refractivity contribution in [1.82, 2.24) is 5.32 Å². The first-order chi connectivity index (χ1) is 12.6. The zero-order valence-corrected chi connectivity index (χ0v) is 15.6. The van der Waals surface area contributed by atoms with Crippen molar-refractivity contribution < 1.29 is 23.7 Å². The van der Waals surface area contributed by atoms with Gasteiger partial charge in [0.1, 0.15) is 0 Å². The maximum absolute atomic E-state index is 12.3. The first-order valence-corrected chi connectivity index (χ1v) is 8.29. The highest BCUT2D eigenvalue weighted by Gasteiger charge is 2.10. The minimum Gasteiger partial charge on any atom is -0.493 e. The molecule has 6 nitrogen and oxygen atoms in total. The van der Waals surface area contributed by atoms with Crippen molar-refractivity contribution in [3.05, 3.63) is 47.5 Å². The molecule has 0 aliphatic carbocycles. The van der Waals surface area contributed by atoms with E-state index in [-0.39, 0.29) is 12.3 Å². The topological polar surface area (TPSA) is 66.0 Å². The molecule has 0 unspecified atom stereocenters. The summed E-state index contributed by atoms with van der Waals surface area (Å²) in [5.74, 6) is 2.55. The van der Waals surface area contributed by atoms with Gasteiger partial charge in [-0.2, -0.15) is 0 Å². The summed E-state index contributed by atoms with van der Waals surface area (Å²) in [5.41, 5.74) is 1.69. The number of ether oxygens (including phenoxy) is 4. The quantitative estimate of drug-likeness (QED) is 0.520. The lowest BCUT2D eigenvalue weighted by molar-refractivity contribution is 0.0991. The largest absolute Gasteiger partial charge is 0.493 e. The molecule has 1 N–H and O–H groups in total. The van der Waals surface area contributed by atoms with Crippen LogP contribution in [0, 0.1) is 0 Å². The number of rotatable bonds is 10. The van der Waals surface area contributed by atoms with E-state index in [0.717, 1.165) is 12.0 Å². The van der Waals surface area contributed by atoms with Crippen molar-refractivity contribution in [3.8, 4) is 23.0 Å². The number of ketones is 1. The van der Waals surface area contributed by atoms with Gasteiger partial charge in [0.15, 0.2) is 28.8 Å². The zero-order valence-electron chi connectivity index (χ0n) is 15.6. The second-order valence-corrected chi connectivity index (χ2v) is 5.61. The lowest BCUT2D eigenvalue weighted by atomic mass is 10.1. The Bertz CT molecular complexity index is 745. The number of carbonyl (C=O) groups excluding carboxylic acids is 1. The molecule has 0 aliphatic heterocycles. The van der Waals surface area contributed by atoms with Gasteiger partial charge in [0.2, 0.25) is 0 Å². The van der Waals surface area contributed by atoms with Gasteiger partial charge in [-0.15, -0.1) is 0 Å². The molecule has 26 heavy (non-hydrogen) atoms. The molecule has 0 bridgehead atoms. The molecule has 2 aromatic carbocycles. The van der Waals surface area contributed by atoms with Crippen LogP contribution in [0.1, 0.15) is 15.9 Å². The summed E-state index contributed by atoms with van der Waals surface area (Å²) < 4.78 is 20.9. The second kappa shape index (κ2) is 9.68. The molecule has 0 fully saturated rings. The Hall–Kier alpha value is -2.73. The van der Waals surface area contributed by atoms with Gasteiger partial charge in [-0.1, -0.05) is 6.07 Å². The van der Waals surface area contributed by atoms with E-state index in [9.17, 15) is 4.79 Å². The molecule has 140 valence electrons. The molecule has 0 atom stereocenters. The summed E-state index contributed by atoms with van der Waals surface area (Å²) >= 11 is 0. The Kier molecular flexibility index (Phi) is 7.29. The highest BCUT2D eigenvalue weighted by Crippen LogP contribution is 2.28. The molecule has 0 radical (unpaired) electrons. The summed E-state index contributed by atoms with van der Waals surface area (Å²) in [7, 11) is 6.34. The van der Waals surface area contributed by atoms with Gasteiger partial charge in [0.05, 0.1) is 35.0 Å². The van der Waals surface area contributed by atoms with Crippen LogP contribution in [0.2, 0.25) is 0 Å². The molecule has 6 heteroatoms. The van der Waals surface area contributed by atoms with E-state index in [0.29, 0.717) is 35.1 Å². The van der Waals surface area contributed by atoms with Crippen LogP contribution in [-0.2, 0) is 6.42 Å². The molecular weight excluding hydrogens is 334 g/mol. The van der Waals surface area contributed by atoms with Crippen LogP contribution in [0.4, 0.5) is 0 Å². The maximum atomic E-state index is 12.3. The van der Waals surface area contributed by atoms with Crippen LogP contribution in [0.3, 0.4) is 0 Å². The molecule has 2 rings (SSSR count). The molecule has 0 spiro atoms. The second-order valence-electron chi connectivity index (χ2n) is 5.61. The number of hydrogen-bond acceptors (Lipinski definition) is 6. The Morgan fingerprint density at radius 3 is 2.00 bits per heavy atom. The molecule has 0 aromatic heterocycles. The smallest absolute Gasteiger partial charge is 0.176 e. The first-order valence-electron chi connectivity index (χ1n) is 8.29. The monoisotopic (exact) mass is 359 g/mol. The van der Waals surface area contributed by atoms with E-state index in [2.05, 4.69) is 5.32 Å². The highest BCUT2D eigenvalue weighted by molar-refractivity contribution is 5.98. The SMILES string of the molecule is COc1ccc(CCNCC(=O)c2ccc(OC)c(OC)c2)cc1OC. The predicted molar refractivity (Wildman–Crippen MR) is 100.0 cm³/mol. The maximum Gasteiger partial charge on any atom is 0.176 e. The molecule has 0 heterocycles. The van der Waals surface area contributed by atoms with E-state index >= 15 is 0 Å². The van der Waals surface area contributed by atoms with Crippen molar-refractivity contribution >= 4 is 5.78 Å². The third-order valence-corrected chi connectivity index (χ3v) is 4.03. The van der Waals surface area contributed by atoms with Crippen LogP contribution in [0.15, 0.2) is 36.4 Å². The number of benzene rings is 2. The van der Waals surface area contributed by atoms with Crippen LogP contribution >= 0.6 is 0 Å². The number of Topliss-reactive ketones (excluding diaryl/α,β-unsaturated/α-hetero) is 1. The number of hydrogen-bond donors (Lipinski definition) is 1. The summed E-state index contributed by atoms with van der Waals surface area (Å²) in [6, 6.07) is 11.0. The van der Waals surface area contributed by atoms with Gasteiger partial charge in [0, 0.05) is 5.56 Å². The Balaban J connectivity index is 1.87. The fourth-order valence-electron chi connectivity index (χ4n) is 2.58. The van der Waals surface area contributed by atoms with Gasteiger partial charge in [0.25, 0.3) is 0 Å².